The van der Waals surface area contributed by atoms with Crippen LogP contribution in [0.1, 0.15) is 5.56 Å². The maximum absolute atomic E-state index is 12.8. The number of carbonyl (C=O) groups is 1. The highest BCUT2D eigenvalue weighted by Gasteiger charge is 2.09. The van der Waals surface area contributed by atoms with Crippen molar-refractivity contribution in [2.45, 2.75) is 5.75 Å². The molecule has 0 unspecified atom stereocenters. The summed E-state index contributed by atoms with van der Waals surface area (Å²) in [5.74, 6) is 0.571. The fourth-order valence-electron chi connectivity index (χ4n) is 1.97. The molecule has 1 aromatic heterocycles. The summed E-state index contributed by atoms with van der Waals surface area (Å²) in [4.78, 5) is 11.9. The van der Waals surface area contributed by atoms with Crippen molar-refractivity contribution in [3.63, 3.8) is 0 Å². The van der Waals surface area contributed by atoms with Gasteiger partial charge in [0.05, 0.1) is 5.75 Å². The summed E-state index contributed by atoms with van der Waals surface area (Å²) in [6.45, 7) is 0. The van der Waals surface area contributed by atoms with Gasteiger partial charge in [0.1, 0.15) is 10.8 Å². The lowest BCUT2D eigenvalue weighted by atomic mass is 10.2. The van der Waals surface area contributed by atoms with Crippen molar-refractivity contribution in [1.82, 2.24) is 10.2 Å². The van der Waals surface area contributed by atoms with Gasteiger partial charge in [0.2, 0.25) is 11.0 Å². The summed E-state index contributed by atoms with van der Waals surface area (Å²) < 4.78 is 12.8. The molecule has 0 spiro atoms. The molecule has 0 aliphatic carbocycles. The van der Waals surface area contributed by atoms with Crippen molar-refractivity contribution in [2.75, 3.05) is 11.1 Å². The SMILES string of the molecule is O=C(CSCc1ccc(F)cc1)Nc1nnc(-c2ccccc2)s1. The van der Waals surface area contributed by atoms with Gasteiger partial charge in [0.15, 0.2) is 0 Å². The van der Waals surface area contributed by atoms with Gasteiger partial charge in [-0.2, -0.15) is 0 Å². The molecule has 0 radical (unpaired) electrons. The second kappa shape index (κ2) is 8.03. The van der Waals surface area contributed by atoms with Gasteiger partial charge in [-0.05, 0) is 17.7 Å². The number of anilines is 1. The normalized spacial score (nSPS) is 10.5. The van der Waals surface area contributed by atoms with E-state index in [0.29, 0.717) is 16.6 Å². The van der Waals surface area contributed by atoms with Crippen molar-refractivity contribution >= 4 is 34.1 Å². The monoisotopic (exact) mass is 359 g/mol. The molecule has 24 heavy (non-hydrogen) atoms. The second-order valence-corrected chi connectivity index (χ2v) is 6.91. The third-order valence-corrected chi connectivity index (χ3v) is 5.00. The summed E-state index contributed by atoms with van der Waals surface area (Å²) in [5.41, 5.74) is 1.96. The lowest BCUT2D eigenvalue weighted by molar-refractivity contribution is -0.113. The Hall–Kier alpha value is -2.25. The van der Waals surface area contributed by atoms with E-state index in [1.54, 1.807) is 12.1 Å². The minimum absolute atomic E-state index is 0.127. The number of aromatic nitrogens is 2. The first-order chi connectivity index (χ1) is 11.7. The molecule has 1 N–H and O–H groups in total. The molecule has 0 fully saturated rings. The van der Waals surface area contributed by atoms with Crippen LogP contribution in [0.5, 0.6) is 0 Å². The van der Waals surface area contributed by atoms with Gasteiger partial charge in [-0.1, -0.05) is 53.8 Å². The molecular weight excluding hydrogens is 345 g/mol. The lowest BCUT2D eigenvalue weighted by Gasteiger charge is -2.02. The van der Waals surface area contributed by atoms with Crippen molar-refractivity contribution in [1.29, 1.82) is 0 Å². The maximum atomic E-state index is 12.8. The van der Waals surface area contributed by atoms with Gasteiger partial charge < -0.3 is 0 Å². The molecule has 1 heterocycles. The molecule has 0 bridgehead atoms. The number of amides is 1. The molecule has 7 heteroatoms. The van der Waals surface area contributed by atoms with E-state index in [1.807, 2.05) is 30.3 Å². The van der Waals surface area contributed by atoms with E-state index in [9.17, 15) is 9.18 Å². The van der Waals surface area contributed by atoms with Crippen molar-refractivity contribution in [3.8, 4) is 10.6 Å². The predicted octanol–water partition coefficient (Wildman–Crippen LogP) is 4.22. The zero-order valence-electron chi connectivity index (χ0n) is 12.6. The summed E-state index contributed by atoms with van der Waals surface area (Å²) in [6, 6.07) is 16.0. The van der Waals surface area contributed by atoms with Crippen LogP contribution in [0.25, 0.3) is 10.6 Å². The van der Waals surface area contributed by atoms with Crippen LogP contribution in [-0.4, -0.2) is 21.9 Å². The second-order valence-electron chi connectivity index (χ2n) is 4.95. The van der Waals surface area contributed by atoms with Crippen LogP contribution in [0.4, 0.5) is 9.52 Å². The molecular formula is C17H14FN3OS2. The molecule has 1 amide bonds. The number of halogens is 1. The first-order valence-corrected chi connectivity index (χ1v) is 9.19. The van der Waals surface area contributed by atoms with Gasteiger partial charge in [0.25, 0.3) is 0 Å². The minimum Gasteiger partial charge on any atom is -0.300 e. The molecule has 0 aliphatic rings. The zero-order valence-corrected chi connectivity index (χ0v) is 14.2. The average Bonchev–Trinajstić information content (AvgIpc) is 3.06. The van der Waals surface area contributed by atoms with Crippen LogP contribution in [0.3, 0.4) is 0 Å². The fourth-order valence-corrected chi connectivity index (χ4v) is 3.52. The topological polar surface area (TPSA) is 54.9 Å². The van der Waals surface area contributed by atoms with Gasteiger partial charge in [-0.3, -0.25) is 10.1 Å². The predicted molar refractivity (Wildman–Crippen MR) is 96.5 cm³/mol. The van der Waals surface area contributed by atoms with E-state index in [4.69, 9.17) is 0 Å². The maximum Gasteiger partial charge on any atom is 0.236 e. The van der Waals surface area contributed by atoms with Crippen LogP contribution < -0.4 is 5.32 Å². The van der Waals surface area contributed by atoms with Crippen LogP contribution in [0.2, 0.25) is 0 Å². The zero-order chi connectivity index (χ0) is 16.8. The number of hydrogen-bond acceptors (Lipinski definition) is 5. The molecule has 0 saturated heterocycles. The molecule has 3 aromatic rings. The van der Waals surface area contributed by atoms with Crippen molar-refractivity contribution in [3.05, 3.63) is 66.0 Å². The van der Waals surface area contributed by atoms with E-state index in [0.717, 1.165) is 16.1 Å². The van der Waals surface area contributed by atoms with Gasteiger partial charge in [0, 0.05) is 11.3 Å². The molecule has 0 saturated carbocycles. The first kappa shape index (κ1) is 16.6. The Bertz CT molecular complexity index is 806. The van der Waals surface area contributed by atoms with Crippen LogP contribution in [0, 0.1) is 5.82 Å². The quantitative estimate of drug-likeness (QED) is 0.716. The fraction of sp³-hybridized carbons (Fsp3) is 0.118. The Morgan fingerprint density at radius 1 is 1.08 bits per heavy atom. The van der Waals surface area contributed by atoms with Crippen molar-refractivity contribution < 1.29 is 9.18 Å². The number of rotatable bonds is 6. The molecule has 3 rings (SSSR count). The standard InChI is InChI=1S/C17H14FN3OS2/c18-14-8-6-12(7-9-14)10-23-11-15(22)19-17-21-20-16(24-17)13-4-2-1-3-5-13/h1-9H,10-11H2,(H,19,21,22). The number of hydrogen-bond donors (Lipinski definition) is 1. The highest BCUT2D eigenvalue weighted by Crippen LogP contribution is 2.26. The third kappa shape index (κ3) is 4.62. The molecule has 0 aliphatic heterocycles. The van der Waals surface area contributed by atoms with Gasteiger partial charge in [-0.15, -0.1) is 22.0 Å². The third-order valence-electron chi connectivity index (χ3n) is 3.11. The number of benzene rings is 2. The van der Waals surface area contributed by atoms with Crippen LogP contribution in [0.15, 0.2) is 54.6 Å². The lowest BCUT2D eigenvalue weighted by Crippen LogP contribution is -2.13. The minimum atomic E-state index is -0.257. The molecule has 4 nitrogen and oxygen atoms in total. The number of nitrogens with zero attached hydrogens (tertiary/aromatic N) is 2. The van der Waals surface area contributed by atoms with Crippen LogP contribution >= 0.6 is 23.1 Å². The Labute approximate surface area is 147 Å². The Morgan fingerprint density at radius 2 is 1.83 bits per heavy atom. The summed E-state index contributed by atoms with van der Waals surface area (Å²) in [6.07, 6.45) is 0. The van der Waals surface area contributed by atoms with Gasteiger partial charge >= 0.3 is 0 Å². The van der Waals surface area contributed by atoms with E-state index in [-0.39, 0.29) is 11.7 Å². The molecule has 0 atom stereocenters. The van der Waals surface area contributed by atoms with Crippen LogP contribution in [-0.2, 0) is 10.5 Å². The Balaban J connectivity index is 1.48. The van der Waals surface area contributed by atoms with Gasteiger partial charge in [-0.25, -0.2) is 4.39 Å². The van der Waals surface area contributed by atoms with E-state index in [2.05, 4.69) is 15.5 Å². The van der Waals surface area contributed by atoms with E-state index < -0.39 is 0 Å². The largest absolute Gasteiger partial charge is 0.300 e. The number of thioether (sulfide) groups is 1. The number of nitrogens with one attached hydrogen (secondary N) is 1. The Kier molecular flexibility index (Phi) is 5.55. The number of carbonyl (C=O) groups excluding carboxylic acids is 1. The summed E-state index contributed by atoms with van der Waals surface area (Å²) >= 11 is 2.81. The first-order valence-electron chi connectivity index (χ1n) is 7.22. The molecule has 2 aromatic carbocycles. The molecule has 122 valence electrons. The van der Waals surface area contributed by atoms with Crippen molar-refractivity contribution in [2.24, 2.45) is 0 Å². The van der Waals surface area contributed by atoms with E-state index >= 15 is 0 Å². The highest BCUT2D eigenvalue weighted by atomic mass is 32.2. The highest BCUT2D eigenvalue weighted by molar-refractivity contribution is 7.99. The summed E-state index contributed by atoms with van der Waals surface area (Å²) in [7, 11) is 0. The average molecular weight is 359 g/mol. The Morgan fingerprint density at radius 3 is 2.58 bits per heavy atom. The smallest absolute Gasteiger partial charge is 0.236 e. The summed E-state index contributed by atoms with van der Waals surface area (Å²) in [5, 5.41) is 12.1. The van der Waals surface area contributed by atoms with E-state index in [1.165, 1.54) is 35.2 Å².